The molecule has 0 fully saturated rings. The highest BCUT2D eigenvalue weighted by Gasteiger charge is 2.30. The Kier molecular flexibility index (Phi) is 8.34. The number of aryl methyl sites for hydroxylation is 1. The lowest BCUT2D eigenvalue weighted by molar-refractivity contribution is -0.139. The first-order valence-corrected chi connectivity index (χ1v) is 12.0. The van der Waals surface area contributed by atoms with E-state index in [9.17, 15) is 18.0 Å². The average Bonchev–Trinajstić information content (AvgIpc) is 2.71. The molecule has 10 heteroatoms. The summed E-state index contributed by atoms with van der Waals surface area (Å²) in [6, 6.07) is 11.0. The van der Waals surface area contributed by atoms with Crippen molar-refractivity contribution >= 4 is 50.7 Å². The lowest BCUT2D eigenvalue weighted by Crippen LogP contribution is -2.50. The van der Waals surface area contributed by atoms with Crippen LogP contribution in [0, 0.1) is 6.92 Å². The molecule has 0 aliphatic heterocycles. The molecule has 1 N–H and O–H groups in total. The maximum absolute atomic E-state index is 13.3. The molecule has 0 saturated heterocycles. The molecule has 7 nitrogen and oxygen atoms in total. The number of anilines is 1. The van der Waals surface area contributed by atoms with Gasteiger partial charge in [0.25, 0.3) is 0 Å². The van der Waals surface area contributed by atoms with E-state index in [1.54, 1.807) is 6.92 Å². The fourth-order valence-electron chi connectivity index (χ4n) is 3.03. The second kappa shape index (κ2) is 10.3. The predicted octanol–water partition coefficient (Wildman–Crippen LogP) is 3.23. The molecule has 0 radical (unpaired) electrons. The number of nitrogens with one attached hydrogen (secondary N) is 1. The van der Waals surface area contributed by atoms with Gasteiger partial charge in [-0.2, -0.15) is 0 Å². The predicted molar refractivity (Wildman–Crippen MR) is 124 cm³/mol. The van der Waals surface area contributed by atoms with Crippen LogP contribution in [0.15, 0.2) is 42.5 Å². The van der Waals surface area contributed by atoms with Crippen molar-refractivity contribution in [3.05, 3.63) is 63.6 Å². The molecule has 2 aromatic rings. The molecule has 0 spiro atoms. The number of likely N-dealkylation sites (N-methyl/N-ethyl adjacent to an activating group) is 1. The fraction of sp³-hybridized carbons (Fsp3) is 0.333. The van der Waals surface area contributed by atoms with Crippen molar-refractivity contribution in [2.24, 2.45) is 0 Å². The van der Waals surface area contributed by atoms with Crippen molar-refractivity contribution in [3.8, 4) is 0 Å². The Labute approximate surface area is 193 Å². The molecule has 0 unspecified atom stereocenters. The summed E-state index contributed by atoms with van der Waals surface area (Å²) in [6.45, 7) is 3.09. The van der Waals surface area contributed by atoms with Crippen LogP contribution in [0.4, 0.5) is 5.69 Å². The normalized spacial score (nSPS) is 12.2. The monoisotopic (exact) mass is 485 g/mol. The number of halogens is 2. The molecule has 168 valence electrons. The number of hydrogen-bond acceptors (Lipinski definition) is 4. The van der Waals surface area contributed by atoms with Gasteiger partial charge in [-0.25, -0.2) is 8.42 Å². The van der Waals surface area contributed by atoms with Crippen LogP contribution in [0.1, 0.15) is 18.1 Å². The van der Waals surface area contributed by atoms with Crippen molar-refractivity contribution in [2.75, 3.05) is 24.2 Å². The fourth-order valence-corrected chi connectivity index (χ4v) is 4.32. The second-order valence-corrected chi connectivity index (χ2v) is 9.85. The summed E-state index contributed by atoms with van der Waals surface area (Å²) >= 11 is 12.2. The Hall–Kier alpha value is -2.29. The van der Waals surface area contributed by atoms with Crippen molar-refractivity contribution in [3.63, 3.8) is 0 Å². The highest BCUT2D eigenvalue weighted by Crippen LogP contribution is 2.31. The molecule has 2 aromatic carbocycles. The summed E-state index contributed by atoms with van der Waals surface area (Å²) in [7, 11) is -2.40. The van der Waals surface area contributed by atoms with Gasteiger partial charge in [-0.05, 0) is 43.2 Å². The minimum atomic E-state index is -3.88. The minimum Gasteiger partial charge on any atom is -0.357 e. The Morgan fingerprint density at radius 3 is 2.35 bits per heavy atom. The number of carbonyl (C=O) groups is 2. The Morgan fingerprint density at radius 2 is 1.77 bits per heavy atom. The zero-order valence-corrected chi connectivity index (χ0v) is 20.1. The summed E-state index contributed by atoms with van der Waals surface area (Å²) in [5.74, 6) is -0.922. The zero-order valence-electron chi connectivity index (χ0n) is 17.7. The van der Waals surface area contributed by atoms with Gasteiger partial charge in [0.2, 0.25) is 21.8 Å². The van der Waals surface area contributed by atoms with Gasteiger partial charge in [-0.15, -0.1) is 0 Å². The number of hydrogen-bond donors (Lipinski definition) is 1. The quantitative estimate of drug-likeness (QED) is 0.621. The van der Waals surface area contributed by atoms with Crippen LogP contribution in [0.3, 0.4) is 0 Å². The molecule has 31 heavy (non-hydrogen) atoms. The van der Waals surface area contributed by atoms with E-state index >= 15 is 0 Å². The van der Waals surface area contributed by atoms with Crippen molar-refractivity contribution in [1.29, 1.82) is 0 Å². The number of benzene rings is 2. The van der Waals surface area contributed by atoms with Crippen LogP contribution in [-0.4, -0.2) is 51.0 Å². The van der Waals surface area contributed by atoms with E-state index in [-0.39, 0.29) is 28.2 Å². The second-order valence-electron chi connectivity index (χ2n) is 7.10. The van der Waals surface area contributed by atoms with Crippen LogP contribution in [-0.2, 0) is 26.2 Å². The molecule has 0 aliphatic rings. The Balaban J connectivity index is 2.45. The minimum absolute atomic E-state index is 0.0912. The van der Waals surface area contributed by atoms with E-state index < -0.39 is 28.5 Å². The van der Waals surface area contributed by atoms with Crippen molar-refractivity contribution in [2.45, 2.75) is 26.4 Å². The Bertz CT molecular complexity index is 1080. The van der Waals surface area contributed by atoms with Gasteiger partial charge in [-0.3, -0.25) is 13.9 Å². The summed E-state index contributed by atoms with van der Waals surface area (Å²) < 4.78 is 25.9. The molecule has 0 saturated carbocycles. The van der Waals surface area contributed by atoms with Gasteiger partial charge in [0.15, 0.2) is 0 Å². The van der Waals surface area contributed by atoms with E-state index in [1.165, 1.54) is 30.1 Å². The first-order valence-electron chi connectivity index (χ1n) is 9.44. The van der Waals surface area contributed by atoms with Crippen LogP contribution >= 0.6 is 23.2 Å². The third-order valence-electron chi connectivity index (χ3n) is 4.87. The van der Waals surface area contributed by atoms with Gasteiger partial charge in [0.1, 0.15) is 12.6 Å². The molecular formula is C21H25Cl2N3O4S. The summed E-state index contributed by atoms with van der Waals surface area (Å²) in [5.41, 5.74) is 1.88. The Morgan fingerprint density at radius 1 is 1.13 bits per heavy atom. The standard InChI is InChI=1S/C21H25Cl2N3O4S/c1-14-7-5-6-8-16(14)12-25(15(2)21(28)24-3)20(27)13-26(31(4,29)30)19-11-17(22)9-10-18(19)23/h5-11,15H,12-13H2,1-4H3,(H,24,28)/t15-/m0/s1. The van der Waals surface area contributed by atoms with E-state index in [0.29, 0.717) is 0 Å². The van der Waals surface area contributed by atoms with Gasteiger partial charge < -0.3 is 10.2 Å². The molecule has 0 aromatic heterocycles. The zero-order chi connectivity index (χ0) is 23.3. The van der Waals surface area contributed by atoms with Gasteiger partial charge in [0.05, 0.1) is 17.0 Å². The van der Waals surface area contributed by atoms with Gasteiger partial charge in [-0.1, -0.05) is 47.5 Å². The average molecular weight is 486 g/mol. The maximum Gasteiger partial charge on any atom is 0.244 e. The largest absolute Gasteiger partial charge is 0.357 e. The molecular weight excluding hydrogens is 461 g/mol. The van der Waals surface area contributed by atoms with Crippen LogP contribution in [0.5, 0.6) is 0 Å². The molecule has 2 amide bonds. The third-order valence-corrected chi connectivity index (χ3v) is 6.55. The summed E-state index contributed by atoms with van der Waals surface area (Å²) in [6.07, 6.45) is 0.978. The highest BCUT2D eigenvalue weighted by atomic mass is 35.5. The van der Waals surface area contributed by atoms with Gasteiger partial charge in [0, 0.05) is 18.6 Å². The van der Waals surface area contributed by atoms with E-state index in [2.05, 4.69) is 5.32 Å². The van der Waals surface area contributed by atoms with Crippen molar-refractivity contribution in [1.82, 2.24) is 10.2 Å². The molecule has 2 rings (SSSR count). The summed E-state index contributed by atoms with van der Waals surface area (Å²) in [5, 5.41) is 2.94. The molecule has 1 atom stereocenters. The highest BCUT2D eigenvalue weighted by molar-refractivity contribution is 7.92. The lowest BCUT2D eigenvalue weighted by Gasteiger charge is -2.31. The molecule has 0 aliphatic carbocycles. The van der Waals surface area contributed by atoms with Gasteiger partial charge >= 0.3 is 0 Å². The maximum atomic E-state index is 13.3. The van der Waals surface area contributed by atoms with Crippen LogP contribution in [0.25, 0.3) is 0 Å². The topological polar surface area (TPSA) is 86.8 Å². The number of amides is 2. The third kappa shape index (κ3) is 6.35. The first-order chi connectivity index (χ1) is 14.5. The number of nitrogens with zero attached hydrogens (tertiary/aromatic N) is 2. The van der Waals surface area contributed by atoms with E-state index in [4.69, 9.17) is 23.2 Å². The number of sulfonamides is 1. The summed E-state index contributed by atoms with van der Waals surface area (Å²) in [4.78, 5) is 27.0. The molecule has 0 heterocycles. The number of rotatable bonds is 8. The van der Waals surface area contributed by atoms with Crippen molar-refractivity contribution < 1.29 is 18.0 Å². The SMILES string of the molecule is CNC(=O)[C@H](C)N(Cc1ccccc1C)C(=O)CN(c1cc(Cl)ccc1Cl)S(C)(=O)=O. The first kappa shape index (κ1) is 25.0. The lowest BCUT2D eigenvalue weighted by atomic mass is 10.1. The smallest absolute Gasteiger partial charge is 0.244 e. The van der Waals surface area contributed by atoms with Crippen LogP contribution in [0.2, 0.25) is 10.0 Å². The van der Waals surface area contributed by atoms with Crippen LogP contribution < -0.4 is 9.62 Å². The number of carbonyl (C=O) groups excluding carboxylic acids is 2. The molecule has 0 bridgehead atoms. The van der Waals surface area contributed by atoms with E-state index in [0.717, 1.165) is 21.7 Å². The van der Waals surface area contributed by atoms with E-state index in [1.807, 2.05) is 31.2 Å².